The maximum atomic E-state index is 11.1. The van der Waals surface area contributed by atoms with E-state index >= 15 is 0 Å². The zero-order valence-electron chi connectivity index (χ0n) is 5.76. The maximum Gasteiger partial charge on any atom is 0.273 e. The van der Waals surface area contributed by atoms with Gasteiger partial charge in [0.1, 0.15) is 5.69 Å². The molecule has 0 amide bonds. The molecule has 0 radical (unpaired) electrons. The van der Waals surface area contributed by atoms with Gasteiger partial charge in [0.15, 0.2) is 4.77 Å². The van der Waals surface area contributed by atoms with Crippen molar-refractivity contribution < 1.29 is 0 Å². The SMILES string of the molecule is O=c1[nH]c(=S)[nH]nc1C1CC1. The molecule has 1 aromatic rings. The number of aromatic nitrogens is 3. The minimum absolute atomic E-state index is 0.142. The Labute approximate surface area is 67.7 Å². The highest BCUT2D eigenvalue weighted by Crippen LogP contribution is 2.36. The second kappa shape index (κ2) is 2.27. The highest BCUT2D eigenvalue weighted by Gasteiger charge is 2.27. The van der Waals surface area contributed by atoms with Crippen LogP contribution in [0.15, 0.2) is 4.79 Å². The van der Waals surface area contributed by atoms with Crippen molar-refractivity contribution in [2.75, 3.05) is 0 Å². The summed E-state index contributed by atoms with van der Waals surface area (Å²) in [4.78, 5) is 13.6. The monoisotopic (exact) mass is 169 g/mol. The molecular weight excluding hydrogens is 162 g/mol. The lowest BCUT2D eigenvalue weighted by Gasteiger charge is -1.91. The van der Waals surface area contributed by atoms with Gasteiger partial charge in [0.05, 0.1) is 0 Å². The van der Waals surface area contributed by atoms with Gasteiger partial charge < -0.3 is 0 Å². The zero-order chi connectivity index (χ0) is 7.84. The Morgan fingerprint density at radius 1 is 1.55 bits per heavy atom. The molecule has 0 bridgehead atoms. The standard InChI is InChI=1S/C6H7N3OS/c10-5-4(3-1-2-3)8-9-6(11)7-5/h3H,1-2H2,(H2,7,9,10,11). The normalized spacial score (nSPS) is 16.7. The molecule has 1 heterocycles. The van der Waals surface area contributed by atoms with E-state index in [1.54, 1.807) is 0 Å². The first-order chi connectivity index (χ1) is 5.27. The van der Waals surface area contributed by atoms with E-state index in [0.29, 0.717) is 16.4 Å². The summed E-state index contributed by atoms with van der Waals surface area (Å²) in [6.45, 7) is 0. The molecule has 1 aromatic heterocycles. The molecule has 0 aliphatic heterocycles. The molecule has 1 saturated carbocycles. The van der Waals surface area contributed by atoms with Gasteiger partial charge in [-0.25, -0.2) is 0 Å². The summed E-state index contributed by atoms with van der Waals surface area (Å²) < 4.78 is 0.291. The van der Waals surface area contributed by atoms with E-state index in [4.69, 9.17) is 12.2 Å². The molecule has 0 saturated heterocycles. The van der Waals surface area contributed by atoms with Crippen LogP contribution in [0.3, 0.4) is 0 Å². The minimum Gasteiger partial charge on any atom is -0.296 e. The summed E-state index contributed by atoms with van der Waals surface area (Å²) in [6.07, 6.45) is 2.14. The number of rotatable bonds is 1. The third-order valence-corrected chi connectivity index (χ3v) is 1.89. The van der Waals surface area contributed by atoms with Crippen molar-refractivity contribution in [2.45, 2.75) is 18.8 Å². The van der Waals surface area contributed by atoms with Gasteiger partial charge in [-0.15, -0.1) is 0 Å². The van der Waals surface area contributed by atoms with Gasteiger partial charge in [-0.2, -0.15) is 5.10 Å². The van der Waals surface area contributed by atoms with Crippen LogP contribution in [0.4, 0.5) is 0 Å². The molecule has 1 aliphatic carbocycles. The summed E-state index contributed by atoms with van der Waals surface area (Å²) in [5, 5.41) is 6.44. The molecule has 11 heavy (non-hydrogen) atoms. The third kappa shape index (κ3) is 1.23. The van der Waals surface area contributed by atoms with Crippen LogP contribution in [0.2, 0.25) is 0 Å². The molecule has 0 atom stereocenters. The summed E-state index contributed by atoms with van der Waals surface area (Å²) in [5.41, 5.74) is 0.454. The van der Waals surface area contributed by atoms with Gasteiger partial charge in [-0.1, -0.05) is 0 Å². The molecular formula is C6H7N3OS. The van der Waals surface area contributed by atoms with Crippen LogP contribution in [0.1, 0.15) is 24.5 Å². The highest BCUT2D eigenvalue weighted by molar-refractivity contribution is 7.71. The average Bonchev–Trinajstić information content (AvgIpc) is 2.70. The number of aromatic amines is 2. The minimum atomic E-state index is -0.142. The van der Waals surface area contributed by atoms with E-state index in [-0.39, 0.29) is 5.56 Å². The molecule has 0 unspecified atom stereocenters. The van der Waals surface area contributed by atoms with E-state index < -0.39 is 0 Å². The predicted molar refractivity (Wildman–Crippen MR) is 42.0 cm³/mol. The number of hydrogen-bond acceptors (Lipinski definition) is 3. The van der Waals surface area contributed by atoms with Gasteiger partial charge >= 0.3 is 0 Å². The Morgan fingerprint density at radius 2 is 2.27 bits per heavy atom. The Bertz CT molecular complexity index is 376. The lowest BCUT2D eigenvalue weighted by atomic mass is 10.3. The highest BCUT2D eigenvalue weighted by atomic mass is 32.1. The first-order valence-electron chi connectivity index (χ1n) is 3.46. The Hall–Kier alpha value is -0.970. The van der Waals surface area contributed by atoms with E-state index in [0.717, 1.165) is 12.8 Å². The number of hydrogen-bond donors (Lipinski definition) is 2. The van der Waals surface area contributed by atoms with Crippen LogP contribution in [-0.4, -0.2) is 15.2 Å². The zero-order valence-corrected chi connectivity index (χ0v) is 6.57. The molecule has 58 valence electrons. The van der Waals surface area contributed by atoms with Crippen LogP contribution >= 0.6 is 12.2 Å². The van der Waals surface area contributed by atoms with Crippen LogP contribution in [0.25, 0.3) is 0 Å². The Kier molecular flexibility index (Phi) is 1.38. The van der Waals surface area contributed by atoms with Crippen molar-refractivity contribution in [3.05, 3.63) is 20.8 Å². The molecule has 4 nitrogen and oxygen atoms in total. The lowest BCUT2D eigenvalue weighted by Crippen LogP contribution is -2.15. The summed E-state index contributed by atoms with van der Waals surface area (Å²) in [7, 11) is 0. The lowest BCUT2D eigenvalue weighted by molar-refractivity contribution is 0.832. The molecule has 1 aliphatic rings. The van der Waals surface area contributed by atoms with Crippen molar-refractivity contribution in [2.24, 2.45) is 0 Å². The van der Waals surface area contributed by atoms with Crippen molar-refractivity contribution in [3.63, 3.8) is 0 Å². The topological polar surface area (TPSA) is 61.5 Å². The summed E-state index contributed by atoms with van der Waals surface area (Å²) in [6, 6.07) is 0. The second-order valence-electron chi connectivity index (χ2n) is 2.67. The van der Waals surface area contributed by atoms with Gasteiger partial charge in [-0.05, 0) is 25.1 Å². The largest absolute Gasteiger partial charge is 0.296 e. The smallest absolute Gasteiger partial charge is 0.273 e. The first-order valence-corrected chi connectivity index (χ1v) is 3.87. The van der Waals surface area contributed by atoms with E-state index in [2.05, 4.69) is 15.2 Å². The molecule has 2 rings (SSSR count). The first kappa shape index (κ1) is 6.72. The Morgan fingerprint density at radius 3 is 2.82 bits per heavy atom. The fourth-order valence-corrected chi connectivity index (χ4v) is 1.13. The summed E-state index contributed by atoms with van der Waals surface area (Å²) >= 11 is 4.69. The van der Waals surface area contributed by atoms with E-state index in [1.807, 2.05) is 0 Å². The fourth-order valence-electron chi connectivity index (χ4n) is 0.990. The predicted octanol–water partition coefficient (Wildman–Crippen LogP) is 0.705. The van der Waals surface area contributed by atoms with Crippen molar-refractivity contribution in [1.82, 2.24) is 15.2 Å². The molecule has 2 N–H and O–H groups in total. The van der Waals surface area contributed by atoms with Crippen LogP contribution in [0, 0.1) is 4.77 Å². The van der Waals surface area contributed by atoms with Gasteiger partial charge in [0, 0.05) is 5.92 Å². The van der Waals surface area contributed by atoms with Gasteiger partial charge in [0.2, 0.25) is 0 Å². The fraction of sp³-hybridized carbons (Fsp3) is 0.500. The second-order valence-corrected chi connectivity index (χ2v) is 3.07. The van der Waals surface area contributed by atoms with Crippen molar-refractivity contribution in [3.8, 4) is 0 Å². The maximum absolute atomic E-state index is 11.1. The molecule has 0 spiro atoms. The van der Waals surface area contributed by atoms with Crippen molar-refractivity contribution >= 4 is 12.2 Å². The van der Waals surface area contributed by atoms with Gasteiger partial charge in [0.25, 0.3) is 5.56 Å². The summed E-state index contributed by atoms with van der Waals surface area (Å²) in [5.74, 6) is 0.366. The molecule has 5 heteroatoms. The number of H-pyrrole nitrogens is 2. The third-order valence-electron chi connectivity index (χ3n) is 1.70. The van der Waals surface area contributed by atoms with E-state index in [1.165, 1.54) is 0 Å². The van der Waals surface area contributed by atoms with Crippen molar-refractivity contribution in [1.29, 1.82) is 0 Å². The van der Waals surface area contributed by atoms with Gasteiger partial charge in [-0.3, -0.25) is 14.9 Å². The van der Waals surface area contributed by atoms with Crippen LogP contribution in [-0.2, 0) is 0 Å². The average molecular weight is 169 g/mol. The Balaban J connectivity index is 2.56. The molecule has 0 aromatic carbocycles. The van der Waals surface area contributed by atoms with Crippen LogP contribution in [0.5, 0.6) is 0 Å². The van der Waals surface area contributed by atoms with Crippen LogP contribution < -0.4 is 5.56 Å². The quantitative estimate of drug-likeness (QED) is 0.608. The van der Waals surface area contributed by atoms with E-state index in [9.17, 15) is 4.79 Å². The molecule has 1 fully saturated rings. The number of nitrogens with zero attached hydrogens (tertiary/aromatic N) is 1. The number of nitrogens with one attached hydrogen (secondary N) is 2.